The van der Waals surface area contributed by atoms with Crippen molar-refractivity contribution in [2.75, 3.05) is 6.61 Å². The minimum absolute atomic E-state index is 0.0385. The first kappa shape index (κ1) is 23.2. The van der Waals surface area contributed by atoms with Crippen molar-refractivity contribution in [3.05, 3.63) is 106 Å². The fourth-order valence-corrected chi connectivity index (χ4v) is 4.07. The molecule has 2 aromatic carbocycles. The molecule has 1 aromatic heterocycles. The quantitative estimate of drug-likeness (QED) is 0.243. The van der Waals surface area contributed by atoms with Crippen LogP contribution in [0.4, 0.5) is 0 Å². The van der Waals surface area contributed by atoms with E-state index in [1.165, 1.54) is 11.0 Å². The second-order valence-corrected chi connectivity index (χ2v) is 8.08. The van der Waals surface area contributed by atoms with E-state index < -0.39 is 23.7 Å². The molecule has 1 N–H and O–H groups in total. The molecule has 3 aromatic rings. The summed E-state index contributed by atoms with van der Waals surface area (Å²) >= 11 is 6.07. The Morgan fingerprint density at radius 2 is 1.85 bits per heavy atom. The summed E-state index contributed by atoms with van der Waals surface area (Å²) in [7, 11) is 0. The average molecular weight is 477 g/mol. The summed E-state index contributed by atoms with van der Waals surface area (Å²) < 4.78 is 5.00. The number of amides is 1. The molecule has 1 fully saturated rings. The van der Waals surface area contributed by atoms with Crippen molar-refractivity contribution in [3.8, 4) is 0 Å². The summed E-state index contributed by atoms with van der Waals surface area (Å²) in [5.41, 5.74) is 1.96. The lowest BCUT2D eigenvalue weighted by atomic mass is 9.96. The van der Waals surface area contributed by atoms with Crippen molar-refractivity contribution < 1.29 is 24.2 Å². The summed E-state index contributed by atoms with van der Waals surface area (Å²) in [6.07, 6.45) is 3.14. The van der Waals surface area contributed by atoms with Crippen molar-refractivity contribution in [3.63, 3.8) is 0 Å². The van der Waals surface area contributed by atoms with Crippen LogP contribution in [-0.2, 0) is 20.9 Å². The zero-order valence-corrected chi connectivity index (χ0v) is 19.0. The molecular weight excluding hydrogens is 456 g/mol. The molecule has 1 amide bonds. The van der Waals surface area contributed by atoms with Crippen LogP contribution in [0.1, 0.15) is 40.0 Å². The maximum absolute atomic E-state index is 13.1. The number of benzene rings is 2. The Morgan fingerprint density at radius 3 is 2.50 bits per heavy atom. The van der Waals surface area contributed by atoms with Gasteiger partial charge >= 0.3 is 5.97 Å². The second-order valence-electron chi connectivity index (χ2n) is 7.64. The Balaban J connectivity index is 1.75. The number of ketones is 1. The van der Waals surface area contributed by atoms with Crippen molar-refractivity contribution in [1.82, 2.24) is 9.88 Å². The minimum Gasteiger partial charge on any atom is -0.507 e. The third-order valence-corrected chi connectivity index (χ3v) is 5.69. The first-order chi connectivity index (χ1) is 16.4. The lowest BCUT2D eigenvalue weighted by molar-refractivity contribution is -0.140. The Bertz CT molecular complexity index is 1270. The number of carbonyl (C=O) groups is 3. The molecule has 2 heterocycles. The number of rotatable bonds is 6. The number of carbonyl (C=O) groups excluding carboxylic acids is 3. The van der Waals surface area contributed by atoms with E-state index in [1.807, 2.05) is 0 Å². The second kappa shape index (κ2) is 9.89. The highest BCUT2D eigenvalue weighted by Gasteiger charge is 2.46. The van der Waals surface area contributed by atoms with Gasteiger partial charge in [-0.1, -0.05) is 41.9 Å². The lowest BCUT2D eigenvalue weighted by Gasteiger charge is -2.25. The van der Waals surface area contributed by atoms with Crippen LogP contribution in [0.5, 0.6) is 0 Å². The van der Waals surface area contributed by atoms with Gasteiger partial charge in [-0.3, -0.25) is 14.6 Å². The third-order valence-electron chi connectivity index (χ3n) is 5.46. The average Bonchev–Trinajstić information content (AvgIpc) is 3.09. The SMILES string of the molecule is CCOC(=O)c1ccc(CN2C(=O)C(=O)/C(=C(/O)c3cccc(Cl)c3)C2c2cccnc2)cc1. The van der Waals surface area contributed by atoms with Gasteiger partial charge in [0.2, 0.25) is 0 Å². The largest absolute Gasteiger partial charge is 0.507 e. The number of pyridine rings is 1. The smallest absolute Gasteiger partial charge is 0.338 e. The molecule has 1 atom stereocenters. The normalized spacial score (nSPS) is 17.1. The number of likely N-dealkylation sites (tertiary alicyclic amines) is 1. The van der Waals surface area contributed by atoms with E-state index in [4.69, 9.17) is 16.3 Å². The summed E-state index contributed by atoms with van der Waals surface area (Å²) in [5.74, 6) is -2.29. The van der Waals surface area contributed by atoms with Crippen molar-refractivity contribution in [1.29, 1.82) is 0 Å². The number of aliphatic hydroxyl groups excluding tert-OH is 1. The van der Waals surface area contributed by atoms with Gasteiger partial charge in [0.1, 0.15) is 5.76 Å². The molecule has 0 radical (unpaired) electrons. The number of aliphatic hydroxyl groups is 1. The van der Waals surface area contributed by atoms with Crippen molar-refractivity contribution in [2.45, 2.75) is 19.5 Å². The predicted molar refractivity (Wildman–Crippen MR) is 126 cm³/mol. The van der Waals surface area contributed by atoms with Gasteiger partial charge in [-0.05, 0) is 48.4 Å². The number of ether oxygens (including phenoxy) is 1. The number of hydrogen-bond donors (Lipinski definition) is 1. The molecule has 172 valence electrons. The predicted octanol–water partition coefficient (Wildman–Crippen LogP) is 4.53. The molecular formula is C26H21ClN2O5. The molecule has 0 bridgehead atoms. The van der Waals surface area contributed by atoms with Gasteiger partial charge in [0.25, 0.3) is 11.7 Å². The molecule has 8 heteroatoms. The summed E-state index contributed by atoms with van der Waals surface area (Å²) in [5, 5.41) is 11.4. The van der Waals surface area contributed by atoms with E-state index in [9.17, 15) is 19.5 Å². The Labute approximate surface area is 201 Å². The van der Waals surface area contributed by atoms with E-state index in [0.717, 1.165) is 0 Å². The maximum Gasteiger partial charge on any atom is 0.338 e. The highest BCUT2D eigenvalue weighted by Crippen LogP contribution is 2.40. The Morgan fingerprint density at radius 1 is 1.09 bits per heavy atom. The van der Waals surface area contributed by atoms with Crippen molar-refractivity contribution >= 4 is 35.0 Å². The molecule has 0 aliphatic carbocycles. The van der Waals surface area contributed by atoms with Crippen LogP contribution >= 0.6 is 11.6 Å². The number of esters is 1. The number of hydrogen-bond acceptors (Lipinski definition) is 6. The van der Waals surface area contributed by atoms with E-state index in [0.29, 0.717) is 27.3 Å². The molecule has 34 heavy (non-hydrogen) atoms. The highest BCUT2D eigenvalue weighted by molar-refractivity contribution is 6.46. The Hall–Kier alpha value is -3.97. The standard InChI is InChI=1S/C26H21ClN2O5/c1-2-34-26(33)17-10-8-16(9-11-17)15-29-22(19-6-4-12-28-14-19)21(24(31)25(29)32)23(30)18-5-3-7-20(27)13-18/h3-14,22,30H,2,15H2,1H3/b23-21+. The lowest BCUT2D eigenvalue weighted by Crippen LogP contribution is -2.29. The molecule has 1 aliphatic rings. The van der Waals surface area contributed by atoms with E-state index in [1.54, 1.807) is 73.9 Å². The van der Waals surface area contributed by atoms with Crippen LogP contribution < -0.4 is 0 Å². The van der Waals surface area contributed by atoms with Gasteiger partial charge in [0.15, 0.2) is 0 Å². The van der Waals surface area contributed by atoms with E-state index in [-0.39, 0.29) is 24.5 Å². The molecule has 0 saturated carbocycles. The fraction of sp³-hybridized carbons (Fsp3) is 0.154. The topological polar surface area (TPSA) is 96.8 Å². The molecule has 1 unspecified atom stereocenters. The van der Waals surface area contributed by atoms with Crippen LogP contribution in [0.2, 0.25) is 5.02 Å². The molecule has 0 spiro atoms. The highest BCUT2D eigenvalue weighted by atomic mass is 35.5. The summed E-state index contributed by atoms with van der Waals surface area (Å²) in [4.78, 5) is 43.6. The van der Waals surface area contributed by atoms with Crippen LogP contribution in [0.15, 0.2) is 78.6 Å². The van der Waals surface area contributed by atoms with Gasteiger partial charge < -0.3 is 14.7 Å². The zero-order chi connectivity index (χ0) is 24.2. The van der Waals surface area contributed by atoms with Crippen LogP contribution in [-0.4, -0.2) is 39.3 Å². The third kappa shape index (κ3) is 4.56. The first-order valence-electron chi connectivity index (χ1n) is 10.6. The van der Waals surface area contributed by atoms with Crippen LogP contribution in [0.25, 0.3) is 5.76 Å². The van der Waals surface area contributed by atoms with Gasteiger partial charge in [-0.25, -0.2) is 4.79 Å². The minimum atomic E-state index is -0.850. The van der Waals surface area contributed by atoms with E-state index >= 15 is 0 Å². The van der Waals surface area contributed by atoms with Crippen molar-refractivity contribution in [2.24, 2.45) is 0 Å². The summed E-state index contributed by atoms with van der Waals surface area (Å²) in [6, 6.07) is 15.6. The molecule has 1 saturated heterocycles. The number of Topliss-reactive ketones (excluding diaryl/α,β-unsaturated/α-hetero) is 1. The summed E-state index contributed by atoms with van der Waals surface area (Å²) in [6.45, 7) is 2.08. The van der Waals surface area contributed by atoms with Crippen LogP contribution in [0, 0.1) is 0 Å². The van der Waals surface area contributed by atoms with Gasteiger partial charge in [0.05, 0.1) is 23.8 Å². The van der Waals surface area contributed by atoms with Gasteiger partial charge in [0, 0.05) is 29.5 Å². The monoisotopic (exact) mass is 476 g/mol. The van der Waals surface area contributed by atoms with E-state index in [2.05, 4.69) is 4.98 Å². The van der Waals surface area contributed by atoms with Gasteiger partial charge in [-0.2, -0.15) is 0 Å². The zero-order valence-electron chi connectivity index (χ0n) is 18.3. The van der Waals surface area contributed by atoms with Gasteiger partial charge in [-0.15, -0.1) is 0 Å². The molecule has 1 aliphatic heterocycles. The number of aromatic nitrogens is 1. The Kier molecular flexibility index (Phi) is 6.75. The number of nitrogens with zero attached hydrogens (tertiary/aromatic N) is 2. The molecule has 7 nitrogen and oxygen atoms in total. The van der Waals surface area contributed by atoms with Crippen LogP contribution in [0.3, 0.4) is 0 Å². The molecule has 4 rings (SSSR count). The number of halogens is 1. The maximum atomic E-state index is 13.1. The first-order valence-corrected chi connectivity index (χ1v) is 11.0. The fourth-order valence-electron chi connectivity index (χ4n) is 3.88.